The van der Waals surface area contributed by atoms with Crippen molar-refractivity contribution in [1.29, 1.82) is 5.26 Å². The molecule has 100 valence electrons. The average Bonchev–Trinajstić information content (AvgIpc) is 2.77. The molecule has 2 rings (SSSR count). The maximum Gasteiger partial charge on any atom is 0.225 e. The van der Waals surface area contributed by atoms with E-state index in [-0.39, 0.29) is 17.4 Å². The smallest absolute Gasteiger partial charge is 0.225 e. The summed E-state index contributed by atoms with van der Waals surface area (Å²) in [6, 6.07) is 10.2. The van der Waals surface area contributed by atoms with Gasteiger partial charge in [0, 0.05) is 0 Å². The molecule has 5 nitrogen and oxygen atoms in total. The predicted molar refractivity (Wildman–Crippen MR) is 69.7 cm³/mol. The van der Waals surface area contributed by atoms with Crippen molar-refractivity contribution in [2.24, 2.45) is 5.92 Å². The van der Waals surface area contributed by atoms with Crippen LogP contribution in [-0.4, -0.2) is 25.8 Å². The number of amides is 1. The van der Waals surface area contributed by atoms with E-state index in [0.717, 1.165) is 0 Å². The Morgan fingerprint density at radius 1 is 1.37 bits per heavy atom. The Morgan fingerprint density at radius 2 is 2.05 bits per heavy atom. The minimum Gasteiger partial charge on any atom is -0.336 e. The van der Waals surface area contributed by atoms with Crippen molar-refractivity contribution in [3.63, 3.8) is 0 Å². The number of sulfone groups is 1. The molecule has 1 fully saturated rings. The van der Waals surface area contributed by atoms with Gasteiger partial charge in [0.05, 0.1) is 23.5 Å². The van der Waals surface area contributed by atoms with Crippen LogP contribution in [0.2, 0.25) is 0 Å². The van der Waals surface area contributed by atoms with Crippen molar-refractivity contribution >= 4 is 15.7 Å². The van der Waals surface area contributed by atoms with E-state index in [1.165, 1.54) is 0 Å². The highest BCUT2D eigenvalue weighted by Crippen LogP contribution is 2.20. The molecule has 1 aromatic rings. The van der Waals surface area contributed by atoms with Crippen molar-refractivity contribution in [3.05, 3.63) is 35.9 Å². The van der Waals surface area contributed by atoms with Gasteiger partial charge in [0.1, 0.15) is 6.04 Å². The first-order chi connectivity index (χ1) is 9.02. The second-order valence-corrected chi connectivity index (χ2v) is 6.81. The van der Waals surface area contributed by atoms with Crippen LogP contribution in [-0.2, 0) is 14.6 Å². The van der Waals surface area contributed by atoms with Crippen molar-refractivity contribution in [2.75, 3.05) is 11.5 Å². The van der Waals surface area contributed by atoms with Gasteiger partial charge in [-0.05, 0) is 12.0 Å². The summed E-state index contributed by atoms with van der Waals surface area (Å²) in [5.41, 5.74) is 0.694. The Bertz CT molecular complexity index is 605. The van der Waals surface area contributed by atoms with Crippen molar-refractivity contribution in [1.82, 2.24) is 5.32 Å². The molecule has 1 heterocycles. The zero-order valence-electron chi connectivity index (χ0n) is 10.2. The molecule has 2 atom stereocenters. The maximum absolute atomic E-state index is 11.9. The lowest BCUT2D eigenvalue weighted by molar-refractivity contribution is -0.124. The molecule has 2 unspecified atom stereocenters. The Balaban J connectivity index is 2.04. The van der Waals surface area contributed by atoms with Crippen LogP contribution in [0, 0.1) is 17.2 Å². The molecule has 1 aromatic carbocycles. The summed E-state index contributed by atoms with van der Waals surface area (Å²) < 4.78 is 22.7. The standard InChI is InChI=1S/C13H14N2O3S/c14-8-12(10-4-2-1-3-5-10)15-13(16)11-6-7-19(17,18)9-11/h1-5,11-12H,6-7,9H2,(H,15,16). The Labute approximate surface area is 112 Å². The zero-order valence-corrected chi connectivity index (χ0v) is 11.1. The monoisotopic (exact) mass is 278 g/mol. The third-order valence-corrected chi connectivity index (χ3v) is 4.92. The molecule has 1 saturated heterocycles. The van der Waals surface area contributed by atoms with Gasteiger partial charge in [0.15, 0.2) is 9.84 Å². The molecular formula is C13H14N2O3S. The van der Waals surface area contributed by atoms with E-state index < -0.39 is 21.8 Å². The largest absolute Gasteiger partial charge is 0.336 e. The maximum atomic E-state index is 11.9. The van der Waals surface area contributed by atoms with E-state index in [4.69, 9.17) is 5.26 Å². The first-order valence-corrected chi connectivity index (χ1v) is 7.79. The van der Waals surface area contributed by atoms with Gasteiger partial charge in [-0.1, -0.05) is 30.3 Å². The summed E-state index contributed by atoms with van der Waals surface area (Å²) >= 11 is 0. The molecule has 1 aliphatic heterocycles. The molecular weight excluding hydrogens is 264 g/mol. The van der Waals surface area contributed by atoms with Crippen LogP contribution in [0.25, 0.3) is 0 Å². The van der Waals surface area contributed by atoms with Gasteiger partial charge in [-0.3, -0.25) is 4.79 Å². The summed E-state index contributed by atoms with van der Waals surface area (Å²) in [5, 5.41) is 11.7. The fraction of sp³-hybridized carbons (Fsp3) is 0.385. The van der Waals surface area contributed by atoms with Crippen LogP contribution in [0.15, 0.2) is 30.3 Å². The lowest BCUT2D eigenvalue weighted by Crippen LogP contribution is -2.34. The lowest BCUT2D eigenvalue weighted by atomic mass is 10.1. The van der Waals surface area contributed by atoms with E-state index in [1.54, 1.807) is 24.3 Å². The summed E-state index contributed by atoms with van der Waals surface area (Å²) in [6.07, 6.45) is 0.334. The number of rotatable bonds is 3. The number of nitriles is 1. The van der Waals surface area contributed by atoms with E-state index in [2.05, 4.69) is 5.32 Å². The summed E-state index contributed by atoms with van der Waals surface area (Å²) in [6.45, 7) is 0. The number of nitrogens with one attached hydrogen (secondary N) is 1. The van der Waals surface area contributed by atoms with Crippen LogP contribution in [0.4, 0.5) is 0 Å². The van der Waals surface area contributed by atoms with E-state index in [9.17, 15) is 13.2 Å². The van der Waals surface area contributed by atoms with Crippen LogP contribution < -0.4 is 5.32 Å². The summed E-state index contributed by atoms with van der Waals surface area (Å²) in [4.78, 5) is 11.9. The fourth-order valence-electron chi connectivity index (χ4n) is 2.10. The molecule has 6 heteroatoms. The van der Waals surface area contributed by atoms with Crippen LogP contribution in [0.3, 0.4) is 0 Å². The van der Waals surface area contributed by atoms with Crippen molar-refractivity contribution < 1.29 is 13.2 Å². The summed E-state index contributed by atoms with van der Waals surface area (Å²) in [5.74, 6) is -0.972. The minimum atomic E-state index is -3.09. The fourth-order valence-corrected chi connectivity index (χ4v) is 3.84. The van der Waals surface area contributed by atoms with Gasteiger partial charge < -0.3 is 5.32 Å². The normalized spacial score (nSPS) is 22.4. The molecule has 0 saturated carbocycles. The quantitative estimate of drug-likeness (QED) is 0.886. The first kappa shape index (κ1) is 13.6. The zero-order chi connectivity index (χ0) is 13.9. The first-order valence-electron chi connectivity index (χ1n) is 5.97. The van der Waals surface area contributed by atoms with Crippen LogP contribution in [0.5, 0.6) is 0 Å². The van der Waals surface area contributed by atoms with Gasteiger partial charge in [-0.15, -0.1) is 0 Å². The Hall–Kier alpha value is -1.87. The second kappa shape index (κ2) is 5.41. The molecule has 0 radical (unpaired) electrons. The number of hydrogen-bond acceptors (Lipinski definition) is 4. The van der Waals surface area contributed by atoms with Gasteiger partial charge in [0.2, 0.25) is 5.91 Å². The van der Waals surface area contributed by atoms with Crippen molar-refractivity contribution in [3.8, 4) is 6.07 Å². The van der Waals surface area contributed by atoms with E-state index in [0.29, 0.717) is 12.0 Å². The summed E-state index contributed by atoms with van der Waals surface area (Å²) in [7, 11) is -3.09. The minimum absolute atomic E-state index is 0.0492. The molecule has 0 aromatic heterocycles. The van der Waals surface area contributed by atoms with Crippen molar-refractivity contribution in [2.45, 2.75) is 12.5 Å². The second-order valence-electron chi connectivity index (χ2n) is 4.58. The van der Waals surface area contributed by atoms with Gasteiger partial charge in [-0.2, -0.15) is 5.26 Å². The molecule has 1 aliphatic rings. The number of carbonyl (C=O) groups is 1. The third kappa shape index (κ3) is 3.32. The predicted octanol–water partition coefficient (Wildman–Crippen LogP) is 0.802. The molecule has 19 heavy (non-hydrogen) atoms. The van der Waals surface area contributed by atoms with Gasteiger partial charge >= 0.3 is 0 Å². The molecule has 1 N–H and O–H groups in total. The van der Waals surface area contributed by atoms with Crippen LogP contribution >= 0.6 is 0 Å². The molecule has 1 amide bonds. The molecule has 0 spiro atoms. The average molecular weight is 278 g/mol. The number of hydrogen-bond donors (Lipinski definition) is 1. The number of carbonyl (C=O) groups excluding carboxylic acids is 1. The SMILES string of the molecule is N#CC(NC(=O)C1CCS(=O)(=O)C1)c1ccccc1. The van der Waals surface area contributed by atoms with E-state index >= 15 is 0 Å². The number of benzene rings is 1. The Morgan fingerprint density at radius 3 is 2.58 bits per heavy atom. The third-order valence-electron chi connectivity index (χ3n) is 3.15. The van der Waals surface area contributed by atoms with Gasteiger partial charge in [0.25, 0.3) is 0 Å². The molecule has 0 bridgehead atoms. The van der Waals surface area contributed by atoms with E-state index in [1.807, 2.05) is 12.1 Å². The van der Waals surface area contributed by atoms with Crippen LogP contribution in [0.1, 0.15) is 18.0 Å². The number of nitrogens with zero attached hydrogens (tertiary/aromatic N) is 1. The highest BCUT2D eigenvalue weighted by Gasteiger charge is 2.33. The Kier molecular flexibility index (Phi) is 3.86. The van der Waals surface area contributed by atoms with Gasteiger partial charge in [-0.25, -0.2) is 8.42 Å². The molecule has 0 aliphatic carbocycles. The topological polar surface area (TPSA) is 87.0 Å². The highest BCUT2D eigenvalue weighted by molar-refractivity contribution is 7.91. The lowest BCUT2D eigenvalue weighted by Gasteiger charge is -2.14. The highest BCUT2D eigenvalue weighted by atomic mass is 32.2.